The van der Waals surface area contributed by atoms with E-state index in [4.69, 9.17) is 0 Å². The molecular weight excluding hydrogens is 210 g/mol. The number of nitrogens with one attached hydrogen (secondary N) is 1. The molecule has 0 aromatic carbocycles. The van der Waals surface area contributed by atoms with Crippen molar-refractivity contribution in [1.82, 2.24) is 15.1 Å². The van der Waals surface area contributed by atoms with Gasteiger partial charge in [0.05, 0.1) is 5.69 Å². The Balaban J connectivity index is 1.59. The summed E-state index contributed by atoms with van der Waals surface area (Å²) in [5.74, 6) is 0. The number of nitrogens with zero attached hydrogens (tertiary/aromatic N) is 2. The van der Waals surface area contributed by atoms with Gasteiger partial charge in [-0.25, -0.2) is 0 Å². The maximum absolute atomic E-state index is 4.58. The minimum absolute atomic E-state index is 0.772. The summed E-state index contributed by atoms with van der Waals surface area (Å²) in [6, 6.07) is 2.91. The summed E-state index contributed by atoms with van der Waals surface area (Å²) < 4.78 is 2.09. The Morgan fingerprint density at radius 3 is 2.88 bits per heavy atom. The topological polar surface area (TPSA) is 29.9 Å². The minimum Gasteiger partial charge on any atom is -0.308 e. The van der Waals surface area contributed by atoms with Crippen LogP contribution in [-0.4, -0.2) is 15.8 Å². The molecule has 1 aromatic heterocycles. The Kier molecular flexibility index (Phi) is 5.05. The van der Waals surface area contributed by atoms with Crippen LogP contribution in [0.15, 0.2) is 12.3 Å². The first-order valence-electron chi connectivity index (χ1n) is 7.14. The molecule has 1 aromatic rings. The second-order valence-electron chi connectivity index (χ2n) is 5.14. The lowest BCUT2D eigenvalue weighted by Crippen LogP contribution is -2.15. The molecule has 0 saturated heterocycles. The first-order chi connectivity index (χ1) is 8.38. The Morgan fingerprint density at radius 1 is 1.29 bits per heavy atom. The molecule has 1 fully saturated rings. The number of hydrogen-bond donors (Lipinski definition) is 1. The average molecular weight is 235 g/mol. The van der Waals surface area contributed by atoms with Crippen LogP contribution in [0.2, 0.25) is 0 Å². The molecule has 1 N–H and O–H groups in total. The summed E-state index contributed by atoms with van der Waals surface area (Å²) in [5.41, 5.74) is 1.19. The van der Waals surface area contributed by atoms with Gasteiger partial charge in [0.25, 0.3) is 0 Å². The van der Waals surface area contributed by atoms with Gasteiger partial charge in [-0.05, 0) is 25.3 Å². The van der Waals surface area contributed by atoms with Crippen LogP contribution in [0.1, 0.15) is 57.6 Å². The molecule has 1 aliphatic carbocycles. The molecular formula is C14H25N3. The highest BCUT2D eigenvalue weighted by Crippen LogP contribution is 2.18. The highest BCUT2D eigenvalue weighted by molar-refractivity contribution is 4.99. The second kappa shape index (κ2) is 6.80. The predicted molar refractivity (Wildman–Crippen MR) is 70.8 cm³/mol. The van der Waals surface area contributed by atoms with E-state index in [1.807, 2.05) is 0 Å². The number of unbranched alkanes of at least 4 members (excludes halogenated alkanes) is 4. The Labute approximate surface area is 105 Å². The van der Waals surface area contributed by atoms with Gasteiger partial charge in [-0.1, -0.05) is 32.6 Å². The third kappa shape index (κ3) is 4.90. The summed E-state index contributed by atoms with van der Waals surface area (Å²) in [4.78, 5) is 0. The lowest BCUT2D eigenvalue weighted by Gasteiger charge is -2.02. The Morgan fingerprint density at radius 2 is 2.12 bits per heavy atom. The van der Waals surface area contributed by atoms with E-state index in [9.17, 15) is 0 Å². The van der Waals surface area contributed by atoms with Crippen molar-refractivity contribution in [3.8, 4) is 0 Å². The third-order valence-electron chi connectivity index (χ3n) is 3.34. The molecule has 1 heterocycles. The van der Waals surface area contributed by atoms with Gasteiger partial charge in [-0.2, -0.15) is 5.10 Å². The van der Waals surface area contributed by atoms with E-state index in [0.29, 0.717) is 0 Å². The first kappa shape index (κ1) is 12.6. The van der Waals surface area contributed by atoms with Crippen molar-refractivity contribution in [2.75, 3.05) is 0 Å². The van der Waals surface area contributed by atoms with Crippen LogP contribution in [0, 0.1) is 0 Å². The van der Waals surface area contributed by atoms with Gasteiger partial charge in [0.2, 0.25) is 0 Å². The van der Waals surface area contributed by atoms with Gasteiger partial charge in [0.1, 0.15) is 0 Å². The molecule has 3 heteroatoms. The van der Waals surface area contributed by atoms with Crippen LogP contribution in [-0.2, 0) is 13.1 Å². The molecule has 0 radical (unpaired) electrons. The van der Waals surface area contributed by atoms with Crippen molar-refractivity contribution in [2.24, 2.45) is 0 Å². The van der Waals surface area contributed by atoms with Crippen LogP contribution in [0.25, 0.3) is 0 Å². The summed E-state index contributed by atoms with van der Waals surface area (Å²) >= 11 is 0. The SMILES string of the molecule is CCCCCCCn1ccc(CNC2CC2)n1. The second-order valence-corrected chi connectivity index (χ2v) is 5.14. The normalized spacial score (nSPS) is 15.4. The molecule has 1 saturated carbocycles. The van der Waals surface area contributed by atoms with Crippen molar-refractivity contribution in [1.29, 1.82) is 0 Å². The zero-order valence-corrected chi connectivity index (χ0v) is 11.0. The van der Waals surface area contributed by atoms with E-state index >= 15 is 0 Å². The maximum Gasteiger partial charge on any atom is 0.0762 e. The Bertz CT molecular complexity index is 315. The van der Waals surface area contributed by atoms with Crippen molar-refractivity contribution in [2.45, 2.75) is 71.0 Å². The highest BCUT2D eigenvalue weighted by Gasteiger charge is 2.20. The fourth-order valence-electron chi connectivity index (χ4n) is 2.04. The molecule has 0 unspecified atom stereocenters. The summed E-state index contributed by atoms with van der Waals surface area (Å²) in [5, 5.41) is 8.08. The smallest absolute Gasteiger partial charge is 0.0762 e. The fraction of sp³-hybridized carbons (Fsp3) is 0.786. The lowest BCUT2D eigenvalue weighted by atomic mass is 10.1. The summed E-state index contributed by atoms with van der Waals surface area (Å²) in [6.07, 6.45) is 11.5. The van der Waals surface area contributed by atoms with Crippen LogP contribution in [0.5, 0.6) is 0 Å². The van der Waals surface area contributed by atoms with Crippen molar-refractivity contribution >= 4 is 0 Å². The molecule has 0 atom stereocenters. The molecule has 17 heavy (non-hydrogen) atoms. The quantitative estimate of drug-likeness (QED) is 0.667. The average Bonchev–Trinajstić information content (AvgIpc) is 3.06. The third-order valence-corrected chi connectivity index (χ3v) is 3.34. The van der Waals surface area contributed by atoms with Gasteiger partial charge in [0, 0.05) is 25.3 Å². The molecule has 0 bridgehead atoms. The molecule has 0 spiro atoms. The zero-order chi connectivity index (χ0) is 11.9. The maximum atomic E-state index is 4.58. The van der Waals surface area contributed by atoms with Gasteiger partial charge in [0.15, 0.2) is 0 Å². The van der Waals surface area contributed by atoms with E-state index in [1.54, 1.807) is 0 Å². The van der Waals surface area contributed by atoms with Crippen LogP contribution in [0.4, 0.5) is 0 Å². The molecule has 3 nitrogen and oxygen atoms in total. The van der Waals surface area contributed by atoms with Gasteiger partial charge < -0.3 is 5.32 Å². The van der Waals surface area contributed by atoms with E-state index in [2.05, 4.69) is 34.3 Å². The standard InChI is InChI=1S/C14H25N3/c1-2-3-4-5-6-10-17-11-9-14(16-17)12-15-13-7-8-13/h9,11,13,15H,2-8,10,12H2,1H3. The molecule has 2 rings (SSSR count). The predicted octanol–water partition coefficient (Wildman–Crippen LogP) is 3.11. The first-order valence-corrected chi connectivity index (χ1v) is 7.14. The minimum atomic E-state index is 0.772. The van der Waals surface area contributed by atoms with Crippen LogP contribution in [0.3, 0.4) is 0 Å². The van der Waals surface area contributed by atoms with E-state index in [0.717, 1.165) is 19.1 Å². The molecule has 0 amide bonds. The summed E-state index contributed by atoms with van der Waals surface area (Å²) in [6.45, 7) is 4.27. The van der Waals surface area contributed by atoms with Crippen LogP contribution < -0.4 is 5.32 Å². The number of hydrogen-bond acceptors (Lipinski definition) is 2. The number of aromatic nitrogens is 2. The van der Waals surface area contributed by atoms with E-state index in [1.165, 1.54) is 50.6 Å². The molecule has 96 valence electrons. The largest absolute Gasteiger partial charge is 0.308 e. The molecule has 1 aliphatic rings. The van der Waals surface area contributed by atoms with Crippen LogP contribution >= 0.6 is 0 Å². The van der Waals surface area contributed by atoms with Gasteiger partial charge >= 0.3 is 0 Å². The highest BCUT2D eigenvalue weighted by atomic mass is 15.3. The zero-order valence-electron chi connectivity index (χ0n) is 11.0. The molecule has 0 aliphatic heterocycles. The van der Waals surface area contributed by atoms with Gasteiger partial charge in [-0.15, -0.1) is 0 Å². The van der Waals surface area contributed by atoms with Crippen molar-refractivity contribution < 1.29 is 0 Å². The van der Waals surface area contributed by atoms with E-state index < -0.39 is 0 Å². The monoisotopic (exact) mass is 235 g/mol. The fourth-order valence-corrected chi connectivity index (χ4v) is 2.04. The number of aryl methyl sites for hydroxylation is 1. The van der Waals surface area contributed by atoms with Crippen molar-refractivity contribution in [3.05, 3.63) is 18.0 Å². The van der Waals surface area contributed by atoms with Gasteiger partial charge in [-0.3, -0.25) is 4.68 Å². The summed E-state index contributed by atoms with van der Waals surface area (Å²) in [7, 11) is 0. The Hall–Kier alpha value is -0.830. The van der Waals surface area contributed by atoms with E-state index in [-0.39, 0.29) is 0 Å². The van der Waals surface area contributed by atoms with Crippen molar-refractivity contribution in [3.63, 3.8) is 0 Å². The number of rotatable bonds is 9. The lowest BCUT2D eigenvalue weighted by molar-refractivity contribution is 0.526.